The molecule has 4 rings (SSSR count). The van der Waals surface area contributed by atoms with Crippen LogP contribution in [0.25, 0.3) is 0 Å². The van der Waals surface area contributed by atoms with Gasteiger partial charge in [-0.05, 0) is 92.1 Å². The predicted molar refractivity (Wildman–Crippen MR) is 149 cm³/mol. The maximum atomic E-state index is 11.0. The molecule has 4 saturated carbocycles. The van der Waals surface area contributed by atoms with Crippen LogP contribution in [0, 0.1) is 28.6 Å². The molecule has 0 aromatic carbocycles. The van der Waals surface area contributed by atoms with E-state index in [9.17, 15) is 15.3 Å². The van der Waals surface area contributed by atoms with Crippen LogP contribution in [0.3, 0.4) is 0 Å². The van der Waals surface area contributed by atoms with Crippen molar-refractivity contribution in [1.82, 2.24) is 0 Å². The van der Waals surface area contributed by atoms with Crippen LogP contribution in [0.2, 0.25) is 0 Å². The van der Waals surface area contributed by atoms with E-state index in [1.165, 1.54) is 44.1 Å². The van der Waals surface area contributed by atoms with Crippen molar-refractivity contribution in [2.45, 2.75) is 116 Å². The Bertz CT molecular complexity index is 904. The van der Waals surface area contributed by atoms with Gasteiger partial charge in [0.15, 0.2) is 0 Å². The third-order valence-corrected chi connectivity index (χ3v) is 10.1. The third-order valence-electron chi connectivity index (χ3n) is 10.1. The zero-order valence-electron chi connectivity index (χ0n) is 23.0. The van der Waals surface area contributed by atoms with Crippen molar-refractivity contribution in [3.63, 3.8) is 0 Å². The second kappa shape index (κ2) is 11.5. The van der Waals surface area contributed by atoms with Crippen LogP contribution < -0.4 is 0 Å². The molecule has 3 nitrogen and oxygen atoms in total. The lowest BCUT2D eigenvalue weighted by Crippen LogP contribution is -2.35. The Morgan fingerprint density at radius 1 is 1.11 bits per heavy atom. The molecule has 0 aromatic rings. The predicted octanol–water partition coefficient (Wildman–Crippen LogP) is 7.21. The molecule has 4 aliphatic rings. The summed E-state index contributed by atoms with van der Waals surface area (Å²) < 4.78 is 0. The smallest absolute Gasteiger partial charge is 0.0811 e. The van der Waals surface area contributed by atoms with Gasteiger partial charge in [-0.15, -0.1) is 0 Å². The Morgan fingerprint density at radius 2 is 1.89 bits per heavy atom. The monoisotopic (exact) mass is 494 g/mol. The lowest BCUT2D eigenvalue weighted by atomic mass is 9.61. The van der Waals surface area contributed by atoms with Crippen LogP contribution in [-0.4, -0.2) is 33.6 Å². The van der Waals surface area contributed by atoms with Gasteiger partial charge < -0.3 is 15.3 Å². The number of hydrogen-bond donors (Lipinski definition) is 3. The Hall–Kier alpha value is -1.42. The Kier molecular flexibility index (Phi) is 8.85. The van der Waals surface area contributed by atoms with Gasteiger partial charge in [-0.3, -0.25) is 0 Å². The molecule has 3 N–H and O–H groups in total. The highest BCUT2D eigenvalue weighted by molar-refractivity contribution is 5.38. The van der Waals surface area contributed by atoms with Gasteiger partial charge >= 0.3 is 0 Å². The van der Waals surface area contributed by atoms with Gasteiger partial charge in [0.2, 0.25) is 0 Å². The molecule has 0 bridgehead atoms. The molecule has 0 amide bonds. The van der Waals surface area contributed by atoms with Gasteiger partial charge in [0.25, 0.3) is 0 Å². The number of aliphatic hydroxyl groups excluding tert-OH is 3. The van der Waals surface area contributed by atoms with Crippen LogP contribution in [0.15, 0.2) is 59.8 Å². The van der Waals surface area contributed by atoms with Crippen LogP contribution in [-0.2, 0) is 0 Å². The molecule has 4 aliphatic carbocycles. The van der Waals surface area contributed by atoms with Gasteiger partial charge in [-0.2, -0.15) is 0 Å². The van der Waals surface area contributed by atoms with Crippen LogP contribution in [0.4, 0.5) is 0 Å². The van der Waals surface area contributed by atoms with Crippen molar-refractivity contribution in [2.24, 2.45) is 28.6 Å². The molecule has 0 aromatic heterocycles. The number of aliphatic hydroxyl groups is 3. The topological polar surface area (TPSA) is 60.7 Å². The lowest BCUT2D eigenvalue weighted by molar-refractivity contribution is 0.0862. The van der Waals surface area contributed by atoms with Gasteiger partial charge in [0.1, 0.15) is 0 Å². The minimum absolute atomic E-state index is 0.00932. The van der Waals surface area contributed by atoms with Gasteiger partial charge in [-0.25, -0.2) is 0 Å². The Labute approximate surface area is 219 Å². The number of hydrogen-bond acceptors (Lipinski definition) is 3. The molecule has 0 aliphatic heterocycles. The minimum Gasteiger partial charge on any atom is -0.393 e. The Balaban J connectivity index is 1.42. The van der Waals surface area contributed by atoms with Gasteiger partial charge in [-0.1, -0.05) is 82.2 Å². The summed E-state index contributed by atoms with van der Waals surface area (Å²) in [5.41, 5.74) is 3.58. The number of allylic oxidation sites excluding steroid dienone is 5. The second-order valence-corrected chi connectivity index (χ2v) is 12.6. The lowest BCUT2D eigenvalue weighted by Gasteiger charge is -2.44. The zero-order valence-corrected chi connectivity index (χ0v) is 23.0. The maximum absolute atomic E-state index is 11.0. The molecule has 4 fully saturated rings. The van der Waals surface area contributed by atoms with Crippen molar-refractivity contribution >= 4 is 0 Å². The highest BCUT2D eigenvalue weighted by Crippen LogP contribution is 2.59. The first-order valence-corrected chi connectivity index (χ1v) is 14.7. The summed E-state index contributed by atoms with van der Waals surface area (Å²) in [5.74, 6) is 1.68. The fourth-order valence-corrected chi connectivity index (χ4v) is 7.56. The van der Waals surface area contributed by atoms with E-state index in [-0.39, 0.29) is 16.9 Å². The molecule has 0 radical (unpaired) electrons. The average Bonchev–Trinajstić information content (AvgIpc) is 3.55. The molecule has 0 spiro atoms. The highest BCUT2D eigenvalue weighted by Gasteiger charge is 2.50. The average molecular weight is 495 g/mol. The first-order chi connectivity index (χ1) is 17.2. The summed E-state index contributed by atoms with van der Waals surface area (Å²) in [6.45, 7) is 11.2. The first-order valence-electron chi connectivity index (χ1n) is 14.7. The van der Waals surface area contributed by atoms with Gasteiger partial charge in [0, 0.05) is 11.8 Å². The van der Waals surface area contributed by atoms with Gasteiger partial charge in [0.05, 0.1) is 18.3 Å². The molecule has 0 unspecified atom stereocenters. The van der Waals surface area contributed by atoms with Crippen molar-refractivity contribution < 1.29 is 15.3 Å². The number of unbranched alkanes of at least 4 members (excludes halogenated alkanes) is 2. The van der Waals surface area contributed by atoms with E-state index in [1.807, 2.05) is 0 Å². The third kappa shape index (κ3) is 5.84. The van der Waals surface area contributed by atoms with Crippen molar-refractivity contribution in [1.29, 1.82) is 0 Å². The molecular formula is C33H50O3. The van der Waals surface area contributed by atoms with E-state index in [1.54, 1.807) is 0 Å². The molecule has 0 saturated heterocycles. The normalized spacial score (nSPS) is 38.2. The molecule has 36 heavy (non-hydrogen) atoms. The SMILES string of the molecule is C=C1C(=CC=C2CCC[C@]3(C)[C@@H]([C@H](C)C=C[C@H](O)C4(C=CCCCC)CC4)CC[C@@H]23)C[C@@H](O)C[C@@H]1O. The Morgan fingerprint density at radius 3 is 2.61 bits per heavy atom. The van der Waals surface area contributed by atoms with Crippen LogP contribution in [0.5, 0.6) is 0 Å². The van der Waals surface area contributed by atoms with E-state index in [4.69, 9.17) is 0 Å². The summed E-state index contributed by atoms with van der Waals surface area (Å²) in [5, 5.41) is 31.3. The second-order valence-electron chi connectivity index (χ2n) is 12.6. The highest BCUT2D eigenvalue weighted by atomic mass is 16.3. The maximum Gasteiger partial charge on any atom is 0.0811 e. The van der Waals surface area contributed by atoms with E-state index in [0.717, 1.165) is 36.8 Å². The molecule has 200 valence electrons. The van der Waals surface area contributed by atoms with E-state index < -0.39 is 12.2 Å². The summed E-state index contributed by atoms with van der Waals surface area (Å²) in [6.07, 6.45) is 24.8. The fourth-order valence-electron chi connectivity index (χ4n) is 7.56. The van der Waals surface area contributed by atoms with Crippen molar-refractivity contribution in [3.05, 3.63) is 59.8 Å². The summed E-state index contributed by atoms with van der Waals surface area (Å²) in [7, 11) is 0. The minimum atomic E-state index is -0.629. The molecule has 7 atom stereocenters. The van der Waals surface area contributed by atoms with Crippen LogP contribution in [0.1, 0.15) is 97.8 Å². The van der Waals surface area contributed by atoms with Crippen molar-refractivity contribution in [3.8, 4) is 0 Å². The molecule has 0 heterocycles. The summed E-state index contributed by atoms with van der Waals surface area (Å²) in [4.78, 5) is 0. The zero-order chi connectivity index (χ0) is 25.9. The van der Waals surface area contributed by atoms with E-state index >= 15 is 0 Å². The quantitative estimate of drug-likeness (QED) is 0.234. The molecule has 3 heteroatoms. The largest absolute Gasteiger partial charge is 0.393 e. The van der Waals surface area contributed by atoms with E-state index in [0.29, 0.717) is 30.6 Å². The summed E-state index contributed by atoms with van der Waals surface area (Å²) in [6, 6.07) is 0. The van der Waals surface area contributed by atoms with Crippen LogP contribution >= 0.6 is 0 Å². The first kappa shape index (κ1) is 27.6. The fraction of sp³-hybridized carbons (Fsp3) is 0.697. The number of fused-ring (bicyclic) bond motifs is 1. The summed E-state index contributed by atoms with van der Waals surface area (Å²) >= 11 is 0. The standard InChI is InChI=1S/C33H50O3/c1-5-6-7-8-18-33(19-20-33)31(36)16-11-23(2)28-14-15-29-25(10-9-17-32(28,29)4)12-13-26-21-27(34)22-30(35)24(26)3/h8,11-13,16,18,23,27-31,34-36H,3,5-7,9-10,14-15,17,19-22H2,1-2,4H3/t23-,27-,28-,29+,30+,31+,32-/m1/s1. The van der Waals surface area contributed by atoms with Crippen molar-refractivity contribution in [2.75, 3.05) is 0 Å². The molecular weight excluding hydrogens is 444 g/mol. The number of rotatable bonds is 9. The van der Waals surface area contributed by atoms with E-state index in [2.05, 4.69) is 63.8 Å².